The van der Waals surface area contributed by atoms with Gasteiger partial charge in [-0.05, 0) is 45.0 Å². The number of aromatic nitrogens is 1. The highest BCUT2D eigenvalue weighted by molar-refractivity contribution is 6.09. The Morgan fingerprint density at radius 1 is 0.850 bits per heavy atom. The standard InChI is InChI=1S/C18H22N2/c1-4-19(5-2)14-11-12-18-16(13-14)15-9-7-8-10-17(15)20(18)6-3/h7-13H,4-6H2,1-3H3. The molecule has 0 aliphatic heterocycles. The Bertz CT molecular complexity index is 736. The Morgan fingerprint density at radius 3 is 2.25 bits per heavy atom. The van der Waals surface area contributed by atoms with Crippen molar-refractivity contribution < 1.29 is 0 Å². The molecule has 0 unspecified atom stereocenters. The molecule has 2 nitrogen and oxygen atoms in total. The van der Waals surface area contributed by atoms with Crippen molar-refractivity contribution in [3.63, 3.8) is 0 Å². The summed E-state index contributed by atoms with van der Waals surface area (Å²) in [5.41, 5.74) is 3.99. The second-order valence-corrected chi connectivity index (χ2v) is 5.14. The first kappa shape index (κ1) is 13.0. The zero-order valence-corrected chi connectivity index (χ0v) is 12.6. The average Bonchev–Trinajstić information content (AvgIpc) is 2.82. The molecular weight excluding hydrogens is 244 g/mol. The summed E-state index contributed by atoms with van der Waals surface area (Å²) in [6.45, 7) is 9.74. The number of anilines is 1. The van der Waals surface area contributed by atoms with Crippen LogP contribution in [0.5, 0.6) is 0 Å². The molecule has 0 saturated heterocycles. The van der Waals surface area contributed by atoms with Crippen LogP contribution in [-0.4, -0.2) is 17.7 Å². The Morgan fingerprint density at radius 2 is 1.55 bits per heavy atom. The van der Waals surface area contributed by atoms with Gasteiger partial charge in [0.05, 0.1) is 0 Å². The summed E-state index contributed by atoms with van der Waals surface area (Å²) in [5, 5.41) is 2.73. The van der Waals surface area contributed by atoms with Gasteiger partial charge in [0, 0.05) is 47.1 Å². The maximum Gasteiger partial charge on any atom is 0.0492 e. The second kappa shape index (κ2) is 5.20. The SMILES string of the molecule is CCN(CC)c1ccc2c(c1)c1ccccc1n2CC. The lowest BCUT2D eigenvalue weighted by atomic mass is 10.1. The molecule has 0 amide bonds. The largest absolute Gasteiger partial charge is 0.372 e. The molecule has 0 N–H and O–H groups in total. The smallest absolute Gasteiger partial charge is 0.0492 e. The van der Waals surface area contributed by atoms with Crippen molar-refractivity contribution in [2.45, 2.75) is 27.3 Å². The zero-order valence-electron chi connectivity index (χ0n) is 12.6. The molecule has 20 heavy (non-hydrogen) atoms. The quantitative estimate of drug-likeness (QED) is 0.666. The van der Waals surface area contributed by atoms with E-state index in [4.69, 9.17) is 0 Å². The Labute approximate surface area is 120 Å². The molecule has 3 rings (SSSR count). The second-order valence-electron chi connectivity index (χ2n) is 5.14. The van der Waals surface area contributed by atoms with E-state index in [1.165, 1.54) is 27.5 Å². The fourth-order valence-electron chi connectivity index (χ4n) is 3.17. The third kappa shape index (κ3) is 1.87. The van der Waals surface area contributed by atoms with Gasteiger partial charge in [0.25, 0.3) is 0 Å². The van der Waals surface area contributed by atoms with Crippen molar-refractivity contribution in [2.75, 3.05) is 18.0 Å². The average molecular weight is 266 g/mol. The molecule has 0 atom stereocenters. The summed E-state index contributed by atoms with van der Waals surface area (Å²) in [6, 6.07) is 15.6. The number of fused-ring (bicyclic) bond motifs is 3. The van der Waals surface area contributed by atoms with Crippen molar-refractivity contribution >= 4 is 27.5 Å². The molecule has 0 radical (unpaired) electrons. The van der Waals surface area contributed by atoms with Crippen molar-refractivity contribution in [1.82, 2.24) is 4.57 Å². The number of hydrogen-bond acceptors (Lipinski definition) is 1. The molecule has 0 aliphatic carbocycles. The van der Waals surface area contributed by atoms with Gasteiger partial charge in [-0.15, -0.1) is 0 Å². The van der Waals surface area contributed by atoms with Crippen LogP contribution in [0.25, 0.3) is 21.8 Å². The monoisotopic (exact) mass is 266 g/mol. The Balaban J connectivity index is 2.31. The van der Waals surface area contributed by atoms with Crippen LogP contribution < -0.4 is 4.90 Å². The number of hydrogen-bond donors (Lipinski definition) is 0. The van der Waals surface area contributed by atoms with Crippen molar-refractivity contribution in [1.29, 1.82) is 0 Å². The van der Waals surface area contributed by atoms with E-state index < -0.39 is 0 Å². The summed E-state index contributed by atoms with van der Waals surface area (Å²) in [5.74, 6) is 0. The van der Waals surface area contributed by atoms with E-state index in [-0.39, 0.29) is 0 Å². The maximum absolute atomic E-state index is 2.40. The van der Waals surface area contributed by atoms with Crippen LogP contribution in [0.2, 0.25) is 0 Å². The molecule has 0 aliphatic rings. The number of para-hydroxylation sites is 1. The van der Waals surface area contributed by atoms with Crippen molar-refractivity contribution in [2.24, 2.45) is 0 Å². The molecular formula is C18H22N2. The van der Waals surface area contributed by atoms with E-state index in [1.54, 1.807) is 0 Å². The molecule has 1 aromatic heterocycles. The summed E-state index contributed by atoms with van der Waals surface area (Å²) < 4.78 is 2.40. The number of nitrogens with zero attached hydrogens (tertiary/aromatic N) is 2. The predicted octanol–water partition coefficient (Wildman–Crippen LogP) is 4.66. The van der Waals surface area contributed by atoms with Gasteiger partial charge >= 0.3 is 0 Å². The normalized spacial score (nSPS) is 11.3. The van der Waals surface area contributed by atoms with Crippen LogP contribution in [-0.2, 0) is 6.54 Å². The summed E-state index contributed by atoms with van der Waals surface area (Å²) in [4.78, 5) is 2.40. The summed E-state index contributed by atoms with van der Waals surface area (Å²) in [6.07, 6.45) is 0. The van der Waals surface area contributed by atoms with Crippen LogP contribution in [0.4, 0.5) is 5.69 Å². The molecule has 2 aromatic carbocycles. The Kier molecular flexibility index (Phi) is 3.39. The van der Waals surface area contributed by atoms with Gasteiger partial charge in [0.1, 0.15) is 0 Å². The lowest BCUT2D eigenvalue weighted by molar-refractivity contribution is 0.826. The lowest BCUT2D eigenvalue weighted by Crippen LogP contribution is -2.21. The lowest BCUT2D eigenvalue weighted by Gasteiger charge is -2.21. The minimum atomic E-state index is 1.01. The topological polar surface area (TPSA) is 8.17 Å². The van der Waals surface area contributed by atoms with Gasteiger partial charge in [-0.25, -0.2) is 0 Å². The molecule has 3 aromatic rings. The molecule has 104 valence electrons. The first-order valence-corrected chi connectivity index (χ1v) is 7.56. The minimum absolute atomic E-state index is 1.01. The van der Waals surface area contributed by atoms with Crippen LogP contribution in [0, 0.1) is 0 Å². The van der Waals surface area contributed by atoms with Gasteiger partial charge in [0.15, 0.2) is 0 Å². The van der Waals surface area contributed by atoms with E-state index >= 15 is 0 Å². The number of benzene rings is 2. The highest BCUT2D eigenvalue weighted by Crippen LogP contribution is 2.31. The predicted molar refractivity (Wildman–Crippen MR) is 88.7 cm³/mol. The molecule has 1 heterocycles. The van der Waals surface area contributed by atoms with Crippen LogP contribution in [0.15, 0.2) is 42.5 Å². The highest BCUT2D eigenvalue weighted by atomic mass is 15.1. The van der Waals surface area contributed by atoms with E-state index in [2.05, 4.69) is 72.7 Å². The van der Waals surface area contributed by atoms with Crippen LogP contribution in [0.3, 0.4) is 0 Å². The zero-order chi connectivity index (χ0) is 14.1. The van der Waals surface area contributed by atoms with E-state index in [0.717, 1.165) is 19.6 Å². The van der Waals surface area contributed by atoms with Crippen LogP contribution in [0.1, 0.15) is 20.8 Å². The van der Waals surface area contributed by atoms with E-state index in [1.807, 2.05) is 0 Å². The van der Waals surface area contributed by atoms with Crippen LogP contribution >= 0.6 is 0 Å². The fourth-order valence-corrected chi connectivity index (χ4v) is 3.17. The van der Waals surface area contributed by atoms with E-state index in [9.17, 15) is 0 Å². The molecule has 0 spiro atoms. The number of rotatable bonds is 4. The van der Waals surface area contributed by atoms with Gasteiger partial charge in [-0.1, -0.05) is 18.2 Å². The molecule has 2 heteroatoms. The van der Waals surface area contributed by atoms with E-state index in [0.29, 0.717) is 0 Å². The maximum atomic E-state index is 2.40. The highest BCUT2D eigenvalue weighted by Gasteiger charge is 2.11. The summed E-state index contributed by atoms with van der Waals surface area (Å²) >= 11 is 0. The van der Waals surface area contributed by atoms with Gasteiger partial charge < -0.3 is 9.47 Å². The van der Waals surface area contributed by atoms with Gasteiger partial charge in [-0.3, -0.25) is 0 Å². The Hall–Kier alpha value is -1.96. The third-order valence-corrected chi connectivity index (χ3v) is 4.20. The molecule has 0 bridgehead atoms. The molecule has 0 fully saturated rings. The first-order valence-electron chi connectivity index (χ1n) is 7.56. The first-order chi connectivity index (χ1) is 9.80. The van der Waals surface area contributed by atoms with Gasteiger partial charge in [-0.2, -0.15) is 0 Å². The van der Waals surface area contributed by atoms with Crippen molar-refractivity contribution in [3.8, 4) is 0 Å². The third-order valence-electron chi connectivity index (χ3n) is 4.20. The summed E-state index contributed by atoms with van der Waals surface area (Å²) in [7, 11) is 0. The van der Waals surface area contributed by atoms with Crippen molar-refractivity contribution in [3.05, 3.63) is 42.5 Å². The minimum Gasteiger partial charge on any atom is -0.372 e. The number of aryl methyl sites for hydroxylation is 1. The fraction of sp³-hybridized carbons (Fsp3) is 0.333. The molecule has 0 saturated carbocycles. The van der Waals surface area contributed by atoms with Gasteiger partial charge in [0.2, 0.25) is 0 Å².